The smallest absolute Gasteiger partial charge is 0.308 e. The normalized spacial score (nSPS) is 35.4. The summed E-state index contributed by atoms with van der Waals surface area (Å²) >= 11 is 0. The van der Waals surface area contributed by atoms with Crippen molar-refractivity contribution in [3.05, 3.63) is 11.6 Å². The maximum absolute atomic E-state index is 11.6. The molecule has 0 aromatic carbocycles. The summed E-state index contributed by atoms with van der Waals surface area (Å²) in [7, 11) is 0. The molecule has 0 saturated heterocycles. The molecule has 4 atom stereocenters. The van der Waals surface area contributed by atoms with Crippen LogP contribution >= 0.6 is 0 Å². The van der Waals surface area contributed by atoms with E-state index in [4.69, 9.17) is 0 Å². The molecule has 8 heteroatoms. The van der Waals surface area contributed by atoms with Crippen molar-refractivity contribution in [3.63, 3.8) is 0 Å². The number of hydrogen-bond donors (Lipinski definition) is 4. The molecule has 0 amide bonds. The van der Waals surface area contributed by atoms with Gasteiger partial charge in [-0.15, -0.1) is 0 Å². The molecular weight excluding hydrogens is 308 g/mol. The van der Waals surface area contributed by atoms with Crippen LogP contribution < -0.4 is 0 Å². The summed E-state index contributed by atoms with van der Waals surface area (Å²) in [6.07, 6.45) is 2.54. The number of rotatable bonds is 6. The van der Waals surface area contributed by atoms with Crippen LogP contribution in [0, 0.1) is 35.5 Å². The van der Waals surface area contributed by atoms with Gasteiger partial charge in [0.15, 0.2) is 0 Å². The van der Waals surface area contributed by atoms with Crippen LogP contribution in [0.2, 0.25) is 0 Å². The van der Waals surface area contributed by atoms with E-state index >= 15 is 0 Å². The molecule has 0 aromatic rings. The number of aliphatic carboxylic acids is 4. The molecule has 4 N–H and O–H groups in total. The van der Waals surface area contributed by atoms with E-state index in [1.165, 1.54) is 6.08 Å². The quantitative estimate of drug-likeness (QED) is 0.523. The van der Waals surface area contributed by atoms with Crippen molar-refractivity contribution < 1.29 is 39.6 Å². The van der Waals surface area contributed by atoms with Crippen LogP contribution in [0.15, 0.2) is 11.6 Å². The molecule has 23 heavy (non-hydrogen) atoms. The molecule has 3 rings (SSSR count). The van der Waals surface area contributed by atoms with Crippen LogP contribution in [0.25, 0.3) is 0 Å². The summed E-state index contributed by atoms with van der Waals surface area (Å²) in [6, 6.07) is 0. The van der Waals surface area contributed by atoms with Crippen molar-refractivity contribution in [1.82, 2.24) is 0 Å². The minimum atomic E-state index is -1.44. The summed E-state index contributed by atoms with van der Waals surface area (Å²) in [6.45, 7) is 1.83. The van der Waals surface area contributed by atoms with Crippen molar-refractivity contribution in [2.75, 3.05) is 0 Å². The number of fused-ring (bicyclic) bond motifs is 2. The van der Waals surface area contributed by atoms with Crippen molar-refractivity contribution in [2.24, 2.45) is 35.5 Å². The summed E-state index contributed by atoms with van der Waals surface area (Å²) in [5, 5.41) is 37.7. The van der Waals surface area contributed by atoms with E-state index in [1.54, 1.807) is 0 Å². The average molecular weight is 326 g/mol. The van der Waals surface area contributed by atoms with Crippen molar-refractivity contribution in [3.8, 4) is 0 Å². The lowest BCUT2D eigenvalue weighted by Gasteiger charge is -2.50. The lowest BCUT2D eigenvalue weighted by atomic mass is 9.50. The summed E-state index contributed by atoms with van der Waals surface area (Å²) < 4.78 is 0. The summed E-state index contributed by atoms with van der Waals surface area (Å²) in [4.78, 5) is 46.3. The molecular formula is C15H18O8. The Bertz CT molecular complexity index is 552. The van der Waals surface area contributed by atoms with Crippen LogP contribution in [-0.4, -0.2) is 44.3 Å². The van der Waals surface area contributed by atoms with Crippen LogP contribution in [0.4, 0.5) is 0 Å². The Balaban J connectivity index is 2.66. The molecule has 126 valence electrons. The topological polar surface area (TPSA) is 149 Å². The third-order valence-corrected chi connectivity index (χ3v) is 4.89. The minimum Gasteiger partial charge on any atom is -0.481 e. The molecule has 8 nitrogen and oxygen atoms in total. The first kappa shape index (κ1) is 17.0. The highest BCUT2D eigenvalue weighted by molar-refractivity contribution is 5.88. The Hall–Kier alpha value is -2.38. The number of carbonyl (C=O) groups is 4. The first-order valence-electron chi connectivity index (χ1n) is 7.34. The predicted octanol–water partition coefficient (Wildman–Crippen LogP) is 0.776. The molecule has 4 unspecified atom stereocenters. The Morgan fingerprint density at radius 2 is 1.22 bits per heavy atom. The molecule has 3 aliphatic carbocycles. The highest BCUT2D eigenvalue weighted by Crippen LogP contribution is 2.55. The average Bonchev–Trinajstić information content (AvgIpc) is 2.45. The largest absolute Gasteiger partial charge is 0.481 e. The lowest BCUT2D eigenvalue weighted by molar-refractivity contribution is -0.179. The molecule has 0 aliphatic heterocycles. The molecule has 1 fully saturated rings. The number of allylic oxidation sites excluding steroid dienone is 2. The number of hydrogen-bond acceptors (Lipinski definition) is 4. The monoisotopic (exact) mass is 326 g/mol. The second-order valence-corrected chi connectivity index (χ2v) is 6.05. The number of carboxylic acids is 4. The maximum Gasteiger partial charge on any atom is 0.308 e. The van der Waals surface area contributed by atoms with Crippen molar-refractivity contribution >= 4 is 23.9 Å². The molecule has 0 heterocycles. The van der Waals surface area contributed by atoms with E-state index in [0.29, 0.717) is 18.4 Å². The van der Waals surface area contributed by atoms with E-state index in [1.807, 2.05) is 6.92 Å². The maximum atomic E-state index is 11.6. The third-order valence-electron chi connectivity index (χ3n) is 4.89. The zero-order valence-electron chi connectivity index (χ0n) is 12.4. The highest BCUT2D eigenvalue weighted by Gasteiger charge is 2.63. The Kier molecular flexibility index (Phi) is 4.44. The van der Waals surface area contributed by atoms with Crippen LogP contribution in [0.1, 0.15) is 19.8 Å². The molecule has 0 radical (unpaired) electrons. The van der Waals surface area contributed by atoms with Crippen LogP contribution in [-0.2, 0) is 19.2 Å². The van der Waals surface area contributed by atoms with E-state index in [-0.39, 0.29) is 0 Å². The second kappa shape index (κ2) is 6.02. The SMILES string of the molecule is CCCC1=CC2C(C(=O)O)C(C(=O)O)C1C(C(=O)O)C2C(=O)O. The van der Waals surface area contributed by atoms with Gasteiger partial charge in [0.05, 0.1) is 23.7 Å². The van der Waals surface area contributed by atoms with E-state index in [9.17, 15) is 39.6 Å². The molecule has 0 aromatic heterocycles. The zero-order valence-corrected chi connectivity index (χ0v) is 12.4. The molecule has 0 spiro atoms. The van der Waals surface area contributed by atoms with Gasteiger partial charge < -0.3 is 20.4 Å². The van der Waals surface area contributed by atoms with Gasteiger partial charge in [-0.25, -0.2) is 0 Å². The molecule has 2 bridgehead atoms. The summed E-state index contributed by atoms with van der Waals surface area (Å²) in [5.41, 5.74) is 0.548. The lowest BCUT2D eigenvalue weighted by Crippen LogP contribution is -2.58. The highest BCUT2D eigenvalue weighted by atomic mass is 16.4. The van der Waals surface area contributed by atoms with E-state index < -0.39 is 59.4 Å². The van der Waals surface area contributed by atoms with Gasteiger partial charge in [-0.05, 0) is 6.42 Å². The third kappa shape index (κ3) is 2.58. The van der Waals surface area contributed by atoms with Gasteiger partial charge in [0, 0.05) is 11.8 Å². The standard InChI is InChI=1S/C15H18O8/c1-2-3-5-4-6-8(12(16)17)10(14(20)21)7(5)11(15(22)23)9(6)13(18)19/h4,6-11H,2-3H2,1H3,(H,16,17)(H,18,19)(H,20,21)(H,22,23). The van der Waals surface area contributed by atoms with Gasteiger partial charge in [0.2, 0.25) is 0 Å². The van der Waals surface area contributed by atoms with E-state index in [0.717, 1.165) is 0 Å². The fourth-order valence-electron chi connectivity index (χ4n) is 4.19. The minimum absolute atomic E-state index is 0.424. The Labute approximate surface area is 131 Å². The van der Waals surface area contributed by atoms with Gasteiger partial charge in [0.1, 0.15) is 0 Å². The predicted molar refractivity (Wildman–Crippen MR) is 74.5 cm³/mol. The first-order chi connectivity index (χ1) is 10.7. The Morgan fingerprint density at radius 3 is 1.52 bits per heavy atom. The fraction of sp³-hybridized carbons (Fsp3) is 0.600. The van der Waals surface area contributed by atoms with Crippen molar-refractivity contribution in [1.29, 1.82) is 0 Å². The zero-order chi connectivity index (χ0) is 17.5. The van der Waals surface area contributed by atoms with Crippen LogP contribution in [0.3, 0.4) is 0 Å². The van der Waals surface area contributed by atoms with E-state index in [2.05, 4.69) is 0 Å². The second-order valence-electron chi connectivity index (χ2n) is 6.05. The van der Waals surface area contributed by atoms with Gasteiger partial charge in [-0.1, -0.05) is 25.0 Å². The van der Waals surface area contributed by atoms with Gasteiger partial charge in [-0.3, -0.25) is 19.2 Å². The van der Waals surface area contributed by atoms with Crippen LogP contribution in [0.5, 0.6) is 0 Å². The summed E-state index contributed by atoms with van der Waals surface area (Å²) in [5.74, 6) is -13.6. The molecule has 3 aliphatic rings. The van der Waals surface area contributed by atoms with Gasteiger partial charge in [-0.2, -0.15) is 0 Å². The number of carboxylic acid groups (broad SMARTS) is 4. The van der Waals surface area contributed by atoms with Gasteiger partial charge >= 0.3 is 23.9 Å². The molecule has 1 saturated carbocycles. The van der Waals surface area contributed by atoms with Gasteiger partial charge in [0.25, 0.3) is 0 Å². The van der Waals surface area contributed by atoms with Crippen molar-refractivity contribution in [2.45, 2.75) is 19.8 Å². The Morgan fingerprint density at radius 1 is 0.826 bits per heavy atom. The fourth-order valence-corrected chi connectivity index (χ4v) is 4.19. The first-order valence-corrected chi connectivity index (χ1v) is 7.34.